The second kappa shape index (κ2) is 8.55. The van der Waals surface area contributed by atoms with E-state index < -0.39 is 17.3 Å². The molecule has 32 heavy (non-hydrogen) atoms. The van der Waals surface area contributed by atoms with Crippen LogP contribution in [-0.2, 0) is 9.59 Å². The predicted molar refractivity (Wildman–Crippen MR) is 121 cm³/mol. The molecule has 7 nitrogen and oxygen atoms in total. The summed E-state index contributed by atoms with van der Waals surface area (Å²) in [6.07, 6.45) is 3.94. The average Bonchev–Trinajstić information content (AvgIpc) is 2.78. The zero-order chi connectivity index (χ0) is 22.9. The molecule has 0 unspecified atom stereocenters. The van der Waals surface area contributed by atoms with Crippen LogP contribution in [0.25, 0.3) is 10.8 Å². The lowest BCUT2D eigenvalue weighted by Gasteiger charge is -2.46. The SMILES string of the molecule is CC1(C)C(=O)N(CCCN)c2cc(F)ccc2N1C(=O)COc1cccc2cnccc12. The smallest absolute Gasteiger partial charge is 0.265 e. The van der Waals surface area contributed by atoms with Crippen molar-refractivity contribution in [2.45, 2.75) is 25.8 Å². The number of nitrogens with zero attached hydrogens (tertiary/aromatic N) is 3. The standard InChI is InChI=1S/C24H25FN4O3/c1-24(2)23(31)28(12-4-10-26)20-13-17(25)7-8-19(20)29(24)22(30)15-32-21-6-3-5-16-14-27-11-9-18(16)21/h3,5-9,11,13-14H,4,10,12,15,26H2,1-2H3. The van der Waals surface area contributed by atoms with E-state index in [2.05, 4.69) is 4.98 Å². The van der Waals surface area contributed by atoms with E-state index in [4.69, 9.17) is 10.5 Å². The van der Waals surface area contributed by atoms with Crippen molar-refractivity contribution in [2.24, 2.45) is 5.73 Å². The number of pyridine rings is 1. The Morgan fingerprint density at radius 2 is 2.00 bits per heavy atom. The lowest BCUT2D eigenvalue weighted by atomic mass is 9.94. The molecule has 1 aliphatic rings. The minimum absolute atomic E-state index is 0.280. The summed E-state index contributed by atoms with van der Waals surface area (Å²) in [6.45, 7) is 3.82. The van der Waals surface area contributed by atoms with Crippen molar-refractivity contribution in [3.05, 3.63) is 60.7 Å². The number of carbonyl (C=O) groups excluding carboxylic acids is 2. The fraction of sp³-hybridized carbons (Fsp3) is 0.292. The third-order valence-electron chi connectivity index (χ3n) is 5.62. The van der Waals surface area contributed by atoms with Gasteiger partial charge >= 0.3 is 0 Å². The van der Waals surface area contributed by atoms with E-state index in [0.29, 0.717) is 36.6 Å². The maximum atomic E-state index is 14.1. The number of benzene rings is 2. The molecular weight excluding hydrogens is 411 g/mol. The van der Waals surface area contributed by atoms with E-state index in [9.17, 15) is 14.0 Å². The molecule has 2 N–H and O–H groups in total. The van der Waals surface area contributed by atoms with E-state index in [1.165, 1.54) is 28.0 Å². The van der Waals surface area contributed by atoms with Crippen LogP contribution in [-0.4, -0.2) is 42.0 Å². The van der Waals surface area contributed by atoms with Crippen LogP contribution in [0.2, 0.25) is 0 Å². The molecule has 166 valence electrons. The Kier molecular flexibility index (Phi) is 5.80. The highest BCUT2D eigenvalue weighted by atomic mass is 19.1. The van der Waals surface area contributed by atoms with Gasteiger partial charge in [-0.3, -0.25) is 19.5 Å². The maximum Gasteiger partial charge on any atom is 0.265 e. The van der Waals surface area contributed by atoms with Crippen molar-refractivity contribution in [1.82, 2.24) is 4.98 Å². The van der Waals surface area contributed by atoms with Gasteiger partial charge in [-0.05, 0) is 57.1 Å². The molecule has 2 heterocycles. The highest BCUT2D eigenvalue weighted by Gasteiger charge is 2.47. The molecule has 2 aromatic carbocycles. The van der Waals surface area contributed by atoms with Gasteiger partial charge in [0.15, 0.2) is 6.61 Å². The molecule has 0 bridgehead atoms. The number of rotatable bonds is 6. The van der Waals surface area contributed by atoms with Gasteiger partial charge in [0.05, 0.1) is 11.4 Å². The number of hydrogen-bond donors (Lipinski definition) is 1. The third kappa shape index (κ3) is 3.78. The van der Waals surface area contributed by atoms with Crippen molar-refractivity contribution < 1.29 is 18.7 Å². The Morgan fingerprint density at radius 3 is 2.78 bits per heavy atom. The molecule has 4 rings (SSSR count). The highest BCUT2D eigenvalue weighted by Crippen LogP contribution is 2.41. The van der Waals surface area contributed by atoms with E-state index in [-0.39, 0.29) is 12.5 Å². The second-order valence-corrected chi connectivity index (χ2v) is 8.16. The molecule has 0 radical (unpaired) electrons. The summed E-state index contributed by atoms with van der Waals surface area (Å²) in [7, 11) is 0. The minimum atomic E-state index is -1.18. The van der Waals surface area contributed by atoms with Gasteiger partial charge in [-0.15, -0.1) is 0 Å². The summed E-state index contributed by atoms with van der Waals surface area (Å²) >= 11 is 0. The van der Waals surface area contributed by atoms with Crippen LogP contribution in [0.3, 0.4) is 0 Å². The van der Waals surface area contributed by atoms with Gasteiger partial charge in [0, 0.05) is 29.7 Å². The molecule has 0 atom stereocenters. The van der Waals surface area contributed by atoms with Crippen LogP contribution < -0.4 is 20.3 Å². The topological polar surface area (TPSA) is 88.8 Å². The van der Waals surface area contributed by atoms with Crippen molar-refractivity contribution >= 4 is 34.0 Å². The molecule has 1 aromatic heterocycles. The van der Waals surface area contributed by atoms with E-state index >= 15 is 0 Å². The number of aromatic nitrogens is 1. The van der Waals surface area contributed by atoms with Crippen LogP contribution in [0.1, 0.15) is 20.3 Å². The van der Waals surface area contributed by atoms with Crippen LogP contribution in [0.4, 0.5) is 15.8 Å². The molecule has 0 saturated carbocycles. The lowest BCUT2D eigenvalue weighted by Crippen LogP contribution is -2.63. The average molecular weight is 436 g/mol. The minimum Gasteiger partial charge on any atom is -0.483 e. The number of amides is 2. The summed E-state index contributed by atoms with van der Waals surface area (Å²) in [5.41, 5.74) is 5.26. The summed E-state index contributed by atoms with van der Waals surface area (Å²) in [4.78, 5) is 33.7. The fourth-order valence-corrected chi connectivity index (χ4v) is 4.08. The first-order chi connectivity index (χ1) is 15.3. The van der Waals surface area contributed by atoms with E-state index in [1.54, 1.807) is 32.3 Å². The number of fused-ring (bicyclic) bond motifs is 2. The van der Waals surface area contributed by atoms with Gasteiger partial charge < -0.3 is 15.4 Å². The van der Waals surface area contributed by atoms with E-state index in [1.807, 2.05) is 18.2 Å². The van der Waals surface area contributed by atoms with Gasteiger partial charge in [0.1, 0.15) is 17.1 Å². The van der Waals surface area contributed by atoms with Crippen molar-refractivity contribution in [2.75, 3.05) is 29.5 Å². The number of carbonyl (C=O) groups is 2. The molecule has 0 saturated heterocycles. The molecule has 8 heteroatoms. The van der Waals surface area contributed by atoms with Crippen LogP contribution in [0.15, 0.2) is 54.9 Å². The highest BCUT2D eigenvalue weighted by molar-refractivity contribution is 6.15. The second-order valence-electron chi connectivity index (χ2n) is 8.16. The lowest BCUT2D eigenvalue weighted by molar-refractivity contribution is -0.129. The summed E-state index contributed by atoms with van der Waals surface area (Å²) < 4.78 is 19.9. The first-order valence-electron chi connectivity index (χ1n) is 10.4. The van der Waals surface area contributed by atoms with Crippen molar-refractivity contribution in [3.8, 4) is 5.75 Å². The zero-order valence-corrected chi connectivity index (χ0v) is 18.0. The number of ether oxygens (including phenoxy) is 1. The van der Waals surface area contributed by atoms with Gasteiger partial charge in [-0.2, -0.15) is 0 Å². The van der Waals surface area contributed by atoms with Gasteiger partial charge in [-0.1, -0.05) is 12.1 Å². The number of halogens is 1. The largest absolute Gasteiger partial charge is 0.483 e. The van der Waals surface area contributed by atoms with Crippen molar-refractivity contribution in [3.63, 3.8) is 0 Å². The van der Waals surface area contributed by atoms with E-state index in [0.717, 1.165) is 10.8 Å². The van der Waals surface area contributed by atoms with Gasteiger partial charge in [0.2, 0.25) is 0 Å². The predicted octanol–water partition coefficient (Wildman–Crippen LogP) is 3.26. The monoisotopic (exact) mass is 436 g/mol. The Hall–Kier alpha value is -3.52. The summed E-state index contributed by atoms with van der Waals surface area (Å²) in [6, 6.07) is 11.4. The van der Waals surface area contributed by atoms with Gasteiger partial charge in [0.25, 0.3) is 11.8 Å². The van der Waals surface area contributed by atoms with Crippen LogP contribution in [0, 0.1) is 5.82 Å². The molecule has 2 amide bonds. The normalized spacial score (nSPS) is 15.1. The Bertz CT molecular complexity index is 1180. The third-order valence-corrected chi connectivity index (χ3v) is 5.62. The zero-order valence-electron chi connectivity index (χ0n) is 18.0. The number of hydrogen-bond acceptors (Lipinski definition) is 5. The first kappa shape index (κ1) is 21.7. The molecule has 0 fully saturated rings. The first-order valence-corrected chi connectivity index (χ1v) is 10.4. The van der Waals surface area contributed by atoms with Crippen LogP contribution >= 0.6 is 0 Å². The summed E-state index contributed by atoms with van der Waals surface area (Å²) in [5, 5.41) is 1.72. The maximum absolute atomic E-state index is 14.1. The van der Waals surface area contributed by atoms with Crippen molar-refractivity contribution in [1.29, 1.82) is 0 Å². The number of nitrogens with two attached hydrogens (primary N) is 1. The fourth-order valence-electron chi connectivity index (χ4n) is 4.08. The Morgan fingerprint density at radius 1 is 1.19 bits per heavy atom. The molecule has 1 aliphatic heterocycles. The van der Waals surface area contributed by atoms with Gasteiger partial charge in [-0.25, -0.2) is 4.39 Å². The molecular formula is C24H25FN4O3. The Balaban J connectivity index is 1.66. The quantitative estimate of drug-likeness (QED) is 0.641. The number of anilines is 2. The molecule has 3 aromatic rings. The summed E-state index contributed by atoms with van der Waals surface area (Å²) in [5.74, 6) is -0.639. The molecule has 0 aliphatic carbocycles. The molecule has 0 spiro atoms. The van der Waals surface area contributed by atoms with Crippen LogP contribution in [0.5, 0.6) is 5.75 Å². The Labute approximate surface area is 185 Å².